The van der Waals surface area contributed by atoms with Gasteiger partial charge in [-0.1, -0.05) is 15.9 Å². The minimum Gasteiger partial charge on any atom is -0.381 e. The zero-order valence-corrected chi connectivity index (χ0v) is 12.1. The largest absolute Gasteiger partial charge is 0.381 e. The average molecular weight is 323 g/mol. The van der Waals surface area contributed by atoms with Crippen LogP contribution >= 0.6 is 15.9 Å². The lowest BCUT2D eigenvalue weighted by Gasteiger charge is -2.22. The summed E-state index contributed by atoms with van der Waals surface area (Å²) in [5, 5.41) is 0.678. The standard InChI is InChI=1S/C14H15BrN2O2/c15-11-1-2-12-13(7-11)16-9-17(14(12)18)8-10-3-5-19-6-4-10/h1-2,7,9-10H,3-6,8H2. The second-order valence-electron chi connectivity index (χ2n) is 4.92. The maximum absolute atomic E-state index is 12.4. The number of fused-ring (bicyclic) bond motifs is 1. The highest BCUT2D eigenvalue weighted by Crippen LogP contribution is 2.18. The molecule has 0 atom stereocenters. The SMILES string of the molecule is O=c1c2ccc(Br)cc2ncn1CC1CCOCC1. The summed E-state index contributed by atoms with van der Waals surface area (Å²) in [5.74, 6) is 0.515. The maximum atomic E-state index is 12.4. The van der Waals surface area contributed by atoms with Crippen LogP contribution in [0.25, 0.3) is 10.9 Å². The number of nitrogens with zero attached hydrogens (tertiary/aromatic N) is 2. The molecular formula is C14H15BrN2O2. The Labute approximate surface area is 119 Å². The Hall–Kier alpha value is -1.20. The van der Waals surface area contributed by atoms with Crippen molar-refractivity contribution in [3.63, 3.8) is 0 Å². The van der Waals surface area contributed by atoms with Crippen LogP contribution in [0.15, 0.2) is 33.8 Å². The van der Waals surface area contributed by atoms with Crippen LogP contribution in [0.1, 0.15) is 12.8 Å². The molecule has 3 rings (SSSR count). The topological polar surface area (TPSA) is 44.1 Å². The Kier molecular flexibility index (Phi) is 3.66. The monoisotopic (exact) mass is 322 g/mol. The van der Waals surface area contributed by atoms with Gasteiger partial charge in [-0.3, -0.25) is 9.36 Å². The fraction of sp³-hybridized carbons (Fsp3) is 0.429. The van der Waals surface area contributed by atoms with E-state index in [1.807, 2.05) is 18.2 Å². The molecule has 4 nitrogen and oxygen atoms in total. The van der Waals surface area contributed by atoms with Gasteiger partial charge in [0.25, 0.3) is 5.56 Å². The fourth-order valence-corrected chi connectivity index (χ4v) is 2.82. The third-order valence-electron chi connectivity index (χ3n) is 3.58. The molecule has 1 aromatic carbocycles. The Balaban J connectivity index is 1.93. The number of benzene rings is 1. The van der Waals surface area contributed by atoms with Crippen LogP contribution in [0.2, 0.25) is 0 Å². The van der Waals surface area contributed by atoms with Crippen molar-refractivity contribution >= 4 is 26.8 Å². The lowest BCUT2D eigenvalue weighted by Crippen LogP contribution is -2.27. The first-order valence-electron chi connectivity index (χ1n) is 6.46. The van der Waals surface area contributed by atoms with Gasteiger partial charge in [0.15, 0.2) is 0 Å². The highest BCUT2D eigenvalue weighted by molar-refractivity contribution is 9.10. The molecule has 5 heteroatoms. The molecule has 2 aromatic rings. The quantitative estimate of drug-likeness (QED) is 0.853. The number of ether oxygens (including phenoxy) is 1. The van der Waals surface area contributed by atoms with Crippen molar-refractivity contribution in [2.24, 2.45) is 5.92 Å². The molecule has 1 fully saturated rings. The van der Waals surface area contributed by atoms with Crippen LogP contribution in [0.3, 0.4) is 0 Å². The van der Waals surface area contributed by atoms with E-state index < -0.39 is 0 Å². The van der Waals surface area contributed by atoms with Crippen molar-refractivity contribution in [3.8, 4) is 0 Å². The van der Waals surface area contributed by atoms with E-state index in [1.165, 1.54) is 0 Å². The number of aromatic nitrogens is 2. The molecule has 0 bridgehead atoms. The third kappa shape index (κ3) is 2.72. The van der Waals surface area contributed by atoms with Gasteiger partial charge >= 0.3 is 0 Å². The molecule has 0 saturated carbocycles. The summed E-state index contributed by atoms with van der Waals surface area (Å²) in [6.45, 7) is 2.34. The minimum atomic E-state index is 0.0454. The van der Waals surface area contributed by atoms with Crippen molar-refractivity contribution in [1.82, 2.24) is 9.55 Å². The smallest absolute Gasteiger partial charge is 0.261 e. The van der Waals surface area contributed by atoms with E-state index in [0.29, 0.717) is 11.3 Å². The lowest BCUT2D eigenvalue weighted by molar-refractivity contribution is 0.0609. The van der Waals surface area contributed by atoms with Crippen molar-refractivity contribution in [3.05, 3.63) is 39.4 Å². The summed E-state index contributed by atoms with van der Waals surface area (Å²) in [7, 11) is 0. The Bertz CT molecular complexity index is 647. The van der Waals surface area contributed by atoms with Crippen LogP contribution in [0.5, 0.6) is 0 Å². The van der Waals surface area contributed by atoms with Crippen LogP contribution in [-0.4, -0.2) is 22.8 Å². The van der Waals surface area contributed by atoms with E-state index in [-0.39, 0.29) is 5.56 Å². The number of hydrogen-bond acceptors (Lipinski definition) is 3. The van der Waals surface area contributed by atoms with Crippen molar-refractivity contribution < 1.29 is 4.74 Å². The fourth-order valence-electron chi connectivity index (χ4n) is 2.47. The molecular weight excluding hydrogens is 308 g/mol. The van der Waals surface area contributed by atoms with E-state index in [1.54, 1.807) is 10.9 Å². The van der Waals surface area contributed by atoms with Crippen molar-refractivity contribution in [1.29, 1.82) is 0 Å². The zero-order valence-electron chi connectivity index (χ0n) is 10.5. The van der Waals surface area contributed by atoms with Crippen molar-refractivity contribution in [2.45, 2.75) is 19.4 Å². The van der Waals surface area contributed by atoms with Gasteiger partial charge in [0.2, 0.25) is 0 Å². The summed E-state index contributed by atoms with van der Waals surface area (Å²) in [6, 6.07) is 5.58. The van der Waals surface area contributed by atoms with Crippen LogP contribution in [0, 0.1) is 5.92 Å². The second-order valence-corrected chi connectivity index (χ2v) is 5.83. The molecule has 2 heterocycles. The molecule has 0 unspecified atom stereocenters. The lowest BCUT2D eigenvalue weighted by atomic mass is 10.0. The molecule has 0 N–H and O–H groups in total. The summed E-state index contributed by atoms with van der Waals surface area (Å²) < 4.78 is 8.01. The van der Waals surface area contributed by atoms with Crippen LogP contribution < -0.4 is 5.56 Å². The number of rotatable bonds is 2. The van der Waals surface area contributed by atoms with E-state index in [2.05, 4.69) is 20.9 Å². The van der Waals surface area contributed by atoms with Crippen LogP contribution in [0.4, 0.5) is 0 Å². The first-order valence-corrected chi connectivity index (χ1v) is 7.26. The molecule has 1 aliphatic heterocycles. The summed E-state index contributed by atoms with van der Waals surface area (Å²) in [6.07, 6.45) is 3.70. The summed E-state index contributed by atoms with van der Waals surface area (Å²) in [5.41, 5.74) is 0.784. The van der Waals surface area contributed by atoms with Gasteiger partial charge < -0.3 is 4.74 Å². The van der Waals surface area contributed by atoms with Gasteiger partial charge in [0.05, 0.1) is 17.2 Å². The van der Waals surface area contributed by atoms with E-state index >= 15 is 0 Å². The molecule has 1 aromatic heterocycles. The van der Waals surface area contributed by atoms with Gasteiger partial charge in [0, 0.05) is 24.2 Å². The maximum Gasteiger partial charge on any atom is 0.261 e. The molecule has 100 valence electrons. The van der Waals surface area contributed by atoms with E-state index in [9.17, 15) is 4.79 Å². The van der Waals surface area contributed by atoms with Gasteiger partial charge in [-0.25, -0.2) is 4.98 Å². The summed E-state index contributed by atoms with van der Waals surface area (Å²) in [4.78, 5) is 16.8. The predicted octanol–water partition coefficient (Wildman–Crippen LogP) is 2.59. The predicted molar refractivity (Wildman–Crippen MR) is 77.2 cm³/mol. The minimum absolute atomic E-state index is 0.0454. The van der Waals surface area contributed by atoms with Gasteiger partial charge in [0.1, 0.15) is 0 Å². The third-order valence-corrected chi connectivity index (χ3v) is 4.08. The van der Waals surface area contributed by atoms with E-state index in [0.717, 1.165) is 42.6 Å². The number of hydrogen-bond donors (Lipinski definition) is 0. The molecule has 0 aliphatic carbocycles. The van der Waals surface area contributed by atoms with Gasteiger partial charge in [-0.05, 0) is 37.0 Å². The normalized spacial score (nSPS) is 16.9. The Morgan fingerprint density at radius 3 is 2.95 bits per heavy atom. The molecule has 19 heavy (non-hydrogen) atoms. The first-order chi connectivity index (χ1) is 9.24. The highest BCUT2D eigenvalue weighted by Gasteiger charge is 2.15. The van der Waals surface area contributed by atoms with Crippen molar-refractivity contribution in [2.75, 3.05) is 13.2 Å². The average Bonchev–Trinajstić information content (AvgIpc) is 2.43. The number of halogens is 1. The zero-order chi connectivity index (χ0) is 13.2. The summed E-state index contributed by atoms with van der Waals surface area (Å²) >= 11 is 3.39. The Morgan fingerprint density at radius 2 is 2.16 bits per heavy atom. The first kappa shape index (κ1) is 12.8. The van der Waals surface area contributed by atoms with E-state index in [4.69, 9.17) is 4.74 Å². The molecule has 1 saturated heterocycles. The van der Waals surface area contributed by atoms with Crippen LogP contribution in [-0.2, 0) is 11.3 Å². The molecule has 0 spiro atoms. The van der Waals surface area contributed by atoms with Gasteiger partial charge in [-0.2, -0.15) is 0 Å². The molecule has 0 amide bonds. The van der Waals surface area contributed by atoms with Gasteiger partial charge in [-0.15, -0.1) is 0 Å². The highest BCUT2D eigenvalue weighted by atomic mass is 79.9. The Morgan fingerprint density at radius 1 is 1.37 bits per heavy atom. The molecule has 0 radical (unpaired) electrons. The molecule has 1 aliphatic rings. The second kappa shape index (κ2) is 5.43.